The van der Waals surface area contributed by atoms with Gasteiger partial charge in [-0.05, 0) is 42.3 Å². The molecule has 120 valence electrons. The smallest absolute Gasteiger partial charge is 0.242 e. The van der Waals surface area contributed by atoms with Crippen LogP contribution in [0.2, 0.25) is 5.02 Å². The van der Waals surface area contributed by atoms with Crippen molar-refractivity contribution in [1.82, 2.24) is 10.9 Å². The average Bonchev–Trinajstić information content (AvgIpc) is 3.02. The van der Waals surface area contributed by atoms with Gasteiger partial charge in [-0.15, -0.1) is 0 Å². The second kappa shape index (κ2) is 6.62. The van der Waals surface area contributed by atoms with E-state index in [9.17, 15) is 13.6 Å². The minimum absolute atomic E-state index is 0.116. The lowest BCUT2D eigenvalue weighted by molar-refractivity contribution is -0.117. The summed E-state index contributed by atoms with van der Waals surface area (Å²) in [5.74, 6) is -1.12. The van der Waals surface area contributed by atoms with E-state index in [2.05, 4.69) is 16.2 Å². The number of hydrogen-bond acceptors (Lipinski definition) is 3. The summed E-state index contributed by atoms with van der Waals surface area (Å²) >= 11 is 5.93. The van der Waals surface area contributed by atoms with Crippen molar-refractivity contribution in [1.29, 1.82) is 0 Å². The summed E-state index contributed by atoms with van der Waals surface area (Å²) in [5, 5.41) is 2.87. The lowest BCUT2D eigenvalue weighted by Crippen LogP contribution is -2.39. The zero-order valence-corrected chi connectivity index (χ0v) is 12.7. The van der Waals surface area contributed by atoms with Crippen LogP contribution in [0.3, 0.4) is 0 Å². The summed E-state index contributed by atoms with van der Waals surface area (Å²) in [6, 6.07) is 9.22. The zero-order chi connectivity index (χ0) is 16.4. The van der Waals surface area contributed by atoms with Gasteiger partial charge in [0.15, 0.2) is 0 Å². The minimum atomic E-state index is -0.510. The van der Waals surface area contributed by atoms with Crippen LogP contribution in [0.1, 0.15) is 18.0 Å². The molecule has 1 amide bonds. The van der Waals surface area contributed by atoms with E-state index in [0.29, 0.717) is 6.42 Å². The molecule has 0 saturated carbocycles. The molecule has 1 aliphatic rings. The molecule has 23 heavy (non-hydrogen) atoms. The Bertz CT molecular complexity index is 724. The number of halogens is 3. The van der Waals surface area contributed by atoms with Gasteiger partial charge < -0.3 is 5.32 Å². The number of rotatable bonds is 3. The molecule has 2 unspecified atom stereocenters. The number of hydrogen-bond donors (Lipinski definition) is 3. The molecule has 2 atom stereocenters. The Morgan fingerprint density at radius 3 is 2.52 bits per heavy atom. The Kier molecular flexibility index (Phi) is 4.56. The van der Waals surface area contributed by atoms with Gasteiger partial charge in [0, 0.05) is 6.04 Å². The van der Waals surface area contributed by atoms with Gasteiger partial charge in [-0.2, -0.15) is 0 Å². The SMILES string of the molecule is O=C(Nc1cc(F)ccc1Cl)C1CC(c2ccc(F)cc2)NN1. The Morgan fingerprint density at radius 1 is 1.09 bits per heavy atom. The van der Waals surface area contributed by atoms with Gasteiger partial charge in [0.25, 0.3) is 0 Å². The lowest BCUT2D eigenvalue weighted by atomic mass is 10.0. The maximum absolute atomic E-state index is 13.2. The van der Waals surface area contributed by atoms with E-state index in [0.717, 1.165) is 5.56 Å². The van der Waals surface area contributed by atoms with E-state index < -0.39 is 11.9 Å². The van der Waals surface area contributed by atoms with Crippen molar-refractivity contribution in [2.45, 2.75) is 18.5 Å². The predicted octanol–water partition coefficient (Wildman–Crippen LogP) is 3.16. The van der Waals surface area contributed by atoms with Crippen LogP contribution in [-0.4, -0.2) is 11.9 Å². The molecule has 2 aromatic rings. The second-order valence-electron chi connectivity index (χ2n) is 5.29. The third-order valence-electron chi connectivity index (χ3n) is 3.68. The van der Waals surface area contributed by atoms with Crippen LogP contribution in [0, 0.1) is 11.6 Å². The predicted molar refractivity (Wildman–Crippen MR) is 83.9 cm³/mol. The van der Waals surface area contributed by atoms with Crippen molar-refractivity contribution < 1.29 is 13.6 Å². The Labute approximate surface area is 136 Å². The highest BCUT2D eigenvalue weighted by molar-refractivity contribution is 6.33. The monoisotopic (exact) mass is 337 g/mol. The van der Waals surface area contributed by atoms with Crippen LogP contribution in [-0.2, 0) is 4.79 Å². The minimum Gasteiger partial charge on any atom is -0.323 e. The molecule has 4 nitrogen and oxygen atoms in total. The quantitative estimate of drug-likeness (QED) is 0.806. The maximum atomic E-state index is 13.2. The molecule has 0 bridgehead atoms. The number of carbonyl (C=O) groups excluding carboxylic acids is 1. The van der Waals surface area contributed by atoms with Gasteiger partial charge in [0.05, 0.1) is 10.7 Å². The molecule has 7 heteroatoms. The highest BCUT2D eigenvalue weighted by Gasteiger charge is 2.30. The van der Waals surface area contributed by atoms with Crippen molar-refractivity contribution in [3.8, 4) is 0 Å². The number of carbonyl (C=O) groups is 1. The number of hydrazine groups is 1. The largest absolute Gasteiger partial charge is 0.323 e. The van der Waals surface area contributed by atoms with E-state index in [1.54, 1.807) is 12.1 Å². The Morgan fingerprint density at radius 2 is 1.78 bits per heavy atom. The van der Waals surface area contributed by atoms with E-state index in [-0.39, 0.29) is 28.5 Å². The first-order valence-electron chi connectivity index (χ1n) is 7.05. The first-order valence-corrected chi connectivity index (χ1v) is 7.43. The zero-order valence-electron chi connectivity index (χ0n) is 11.9. The average molecular weight is 338 g/mol. The van der Waals surface area contributed by atoms with Gasteiger partial charge >= 0.3 is 0 Å². The number of amides is 1. The molecule has 0 radical (unpaired) electrons. The molecular formula is C16H14ClF2N3O. The van der Waals surface area contributed by atoms with E-state index in [1.165, 1.54) is 30.3 Å². The summed E-state index contributed by atoms with van der Waals surface area (Å²) in [5.41, 5.74) is 6.97. The number of nitrogens with one attached hydrogen (secondary N) is 3. The van der Waals surface area contributed by atoms with Gasteiger partial charge in [-0.25, -0.2) is 19.6 Å². The molecule has 2 aromatic carbocycles. The third kappa shape index (κ3) is 3.67. The van der Waals surface area contributed by atoms with Crippen molar-refractivity contribution in [2.24, 2.45) is 0 Å². The third-order valence-corrected chi connectivity index (χ3v) is 4.01. The number of anilines is 1. The normalized spacial score (nSPS) is 20.5. The molecule has 1 fully saturated rings. The van der Waals surface area contributed by atoms with Crippen LogP contribution < -0.4 is 16.2 Å². The summed E-state index contributed by atoms with van der Waals surface area (Å²) in [7, 11) is 0. The van der Waals surface area contributed by atoms with E-state index in [4.69, 9.17) is 11.6 Å². The summed E-state index contributed by atoms with van der Waals surface area (Å²) < 4.78 is 26.2. The molecule has 0 spiro atoms. The highest BCUT2D eigenvalue weighted by Crippen LogP contribution is 2.25. The second-order valence-corrected chi connectivity index (χ2v) is 5.70. The first-order chi connectivity index (χ1) is 11.0. The summed E-state index contributed by atoms with van der Waals surface area (Å²) in [4.78, 5) is 12.3. The standard InChI is InChI=1S/C16H14ClF2N3O/c17-12-6-5-11(19)7-14(12)20-16(23)15-8-13(21-22-15)9-1-3-10(18)4-2-9/h1-7,13,15,21-22H,8H2,(H,20,23). The number of benzene rings is 2. The van der Waals surface area contributed by atoms with Crippen LogP contribution in [0.25, 0.3) is 0 Å². The molecule has 3 N–H and O–H groups in total. The molecule has 1 saturated heterocycles. The van der Waals surface area contributed by atoms with Crippen LogP contribution in [0.15, 0.2) is 42.5 Å². The summed E-state index contributed by atoms with van der Waals surface area (Å²) in [6.45, 7) is 0. The van der Waals surface area contributed by atoms with Crippen molar-refractivity contribution in [3.05, 3.63) is 64.7 Å². The van der Waals surface area contributed by atoms with Crippen molar-refractivity contribution in [2.75, 3.05) is 5.32 Å². The van der Waals surface area contributed by atoms with Gasteiger partial charge in [-0.1, -0.05) is 23.7 Å². The fourth-order valence-electron chi connectivity index (χ4n) is 2.45. The molecule has 0 aliphatic carbocycles. The fraction of sp³-hybridized carbons (Fsp3) is 0.188. The van der Waals surface area contributed by atoms with Gasteiger partial charge in [-0.3, -0.25) is 4.79 Å². The lowest BCUT2D eigenvalue weighted by Gasteiger charge is -2.12. The first kappa shape index (κ1) is 15.9. The van der Waals surface area contributed by atoms with E-state index in [1.807, 2.05) is 0 Å². The molecule has 0 aromatic heterocycles. The van der Waals surface area contributed by atoms with Crippen LogP contribution in [0.5, 0.6) is 0 Å². The van der Waals surface area contributed by atoms with Crippen molar-refractivity contribution >= 4 is 23.2 Å². The molecular weight excluding hydrogens is 324 g/mol. The van der Waals surface area contributed by atoms with Gasteiger partial charge in [0.2, 0.25) is 5.91 Å². The maximum Gasteiger partial charge on any atom is 0.242 e. The Hall–Kier alpha value is -2.02. The van der Waals surface area contributed by atoms with Crippen molar-refractivity contribution in [3.63, 3.8) is 0 Å². The van der Waals surface area contributed by atoms with Crippen LogP contribution >= 0.6 is 11.6 Å². The molecule has 1 aliphatic heterocycles. The Balaban J connectivity index is 1.65. The van der Waals surface area contributed by atoms with E-state index >= 15 is 0 Å². The van der Waals surface area contributed by atoms with Gasteiger partial charge in [0.1, 0.15) is 17.7 Å². The molecule has 3 rings (SSSR count). The topological polar surface area (TPSA) is 53.2 Å². The van der Waals surface area contributed by atoms with Crippen LogP contribution in [0.4, 0.5) is 14.5 Å². The fourth-order valence-corrected chi connectivity index (χ4v) is 2.62. The molecule has 1 heterocycles. The summed E-state index contributed by atoms with van der Waals surface area (Å²) in [6.07, 6.45) is 0.477. The highest BCUT2D eigenvalue weighted by atomic mass is 35.5.